The molecule has 1 aromatic heterocycles. The molecule has 0 bridgehead atoms. The molecule has 0 radical (unpaired) electrons. The second-order valence-corrected chi connectivity index (χ2v) is 7.63. The number of anilines is 1. The third-order valence-corrected chi connectivity index (χ3v) is 5.81. The van der Waals surface area contributed by atoms with Gasteiger partial charge in [0.05, 0.1) is 5.75 Å². The van der Waals surface area contributed by atoms with Crippen molar-refractivity contribution in [1.82, 2.24) is 14.8 Å². The van der Waals surface area contributed by atoms with E-state index in [9.17, 15) is 4.79 Å². The highest BCUT2D eigenvalue weighted by Crippen LogP contribution is 2.29. The van der Waals surface area contributed by atoms with Crippen molar-refractivity contribution in [3.8, 4) is 5.75 Å². The molecule has 0 N–H and O–H groups in total. The summed E-state index contributed by atoms with van der Waals surface area (Å²) >= 11 is 1.40. The van der Waals surface area contributed by atoms with Gasteiger partial charge >= 0.3 is 0 Å². The molecule has 1 aliphatic heterocycles. The molecule has 28 heavy (non-hydrogen) atoms. The second-order valence-electron chi connectivity index (χ2n) is 6.69. The Balaban J connectivity index is 1.39. The zero-order valence-electron chi connectivity index (χ0n) is 15.9. The fraction of sp³-hybridized carbons (Fsp3) is 0.286. The Morgan fingerprint density at radius 3 is 2.71 bits per heavy atom. The van der Waals surface area contributed by atoms with Gasteiger partial charge in [0.2, 0.25) is 5.91 Å². The van der Waals surface area contributed by atoms with Crippen LogP contribution in [0.3, 0.4) is 0 Å². The molecule has 1 aliphatic rings. The van der Waals surface area contributed by atoms with Crippen molar-refractivity contribution in [2.24, 2.45) is 7.05 Å². The molecule has 0 fully saturated rings. The van der Waals surface area contributed by atoms with Crippen LogP contribution >= 0.6 is 11.8 Å². The molecule has 0 saturated heterocycles. The van der Waals surface area contributed by atoms with Gasteiger partial charge in [-0.1, -0.05) is 48.2 Å². The van der Waals surface area contributed by atoms with Gasteiger partial charge in [0.1, 0.15) is 5.75 Å². The van der Waals surface area contributed by atoms with Gasteiger partial charge < -0.3 is 14.2 Å². The van der Waals surface area contributed by atoms with Crippen LogP contribution in [0, 0.1) is 0 Å². The summed E-state index contributed by atoms with van der Waals surface area (Å²) in [5.74, 6) is 1.93. The van der Waals surface area contributed by atoms with Crippen LogP contribution in [0.2, 0.25) is 0 Å². The van der Waals surface area contributed by atoms with E-state index in [1.54, 1.807) is 0 Å². The number of para-hydroxylation sites is 2. The molecule has 1 unspecified atom stereocenters. The van der Waals surface area contributed by atoms with E-state index in [0.717, 1.165) is 30.2 Å². The Kier molecular flexibility index (Phi) is 5.34. The Bertz CT molecular complexity index is 974. The first kappa shape index (κ1) is 18.6. The van der Waals surface area contributed by atoms with Crippen LogP contribution in [-0.4, -0.2) is 33.0 Å². The molecular weight excluding hydrogens is 372 g/mol. The van der Waals surface area contributed by atoms with Crippen molar-refractivity contribution >= 4 is 23.4 Å². The molecule has 0 aliphatic carbocycles. The van der Waals surface area contributed by atoms with Gasteiger partial charge in [0.15, 0.2) is 17.1 Å². The van der Waals surface area contributed by atoms with Gasteiger partial charge in [0.25, 0.3) is 0 Å². The first-order valence-electron chi connectivity index (χ1n) is 9.25. The maximum Gasteiger partial charge on any atom is 0.237 e. The van der Waals surface area contributed by atoms with Crippen molar-refractivity contribution < 1.29 is 9.53 Å². The molecule has 1 amide bonds. The van der Waals surface area contributed by atoms with Crippen LogP contribution in [0.15, 0.2) is 59.8 Å². The number of fused-ring (bicyclic) bond motifs is 1. The topological polar surface area (TPSA) is 60.3 Å². The minimum atomic E-state index is -0.240. The largest absolute Gasteiger partial charge is 0.483 e. The average Bonchev–Trinajstić information content (AvgIpc) is 3.30. The van der Waals surface area contributed by atoms with Gasteiger partial charge in [-0.05, 0) is 37.1 Å². The number of thioether (sulfide) groups is 1. The number of hydrogen-bond acceptors (Lipinski definition) is 5. The molecule has 2 aromatic carbocycles. The van der Waals surface area contributed by atoms with E-state index < -0.39 is 0 Å². The van der Waals surface area contributed by atoms with Crippen molar-refractivity contribution in [1.29, 1.82) is 0 Å². The number of carbonyl (C=O) groups excluding carboxylic acids is 1. The lowest BCUT2D eigenvalue weighted by Gasteiger charge is -2.17. The van der Waals surface area contributed by atoms with Crippen molar-refractivity contribution in [2.75, 3.05) is 17.2 Å². The molecule has 0 saturated carbocycles. The van der Waals surface area contributed by atoms with Crippen LogP contribution in [0.25, 0.3) is 0 Å². The standard InChI is InChI=1S/C21H22N4O2S/c1-15(27-17-9-4-3-5-10-17)20-22-23-21(24(20)2)28-14-19(26)25-13-12-16-8-6-7-11-18(16)25/h3-11,15H,12-14H2,1-2H3. The number of aromatic nitrogens is 3. The quantitative estimate of drug-likeness (QED) is 0.598. The van der Waals surface area contributed by atoms with E-state index in [4.69, 9.17) is 4.74 Å². The third kappa shape index (κ3) is 3.75. The van der Waals surface area contributed by atoms with Crippen molar-refractivity contribution in [3.63, 3.8) is 0 Å². The van der Waals surface area contributed by atoms with Gasteiger partial charge in [-0.15, -0.1) is 10.2 Å². The normalized spacial score (nSPS) is 14.0. The Morgan fingerprint density at radius 2 is 1.89 bits per heavy atom. The summed E-state index contributed by atoms with van der Waals surface area (Å²) in [5.41, 5.74) is 2.25. The summed E-state index contributed by atoms with van der Waals surface area (Å²) in [5, 5.41) is 9.22. The molecule has 1 atom stereocenters. The number of ether oxygens (including phenoxy) is 1. The smallest absolute Gasteiger partial charge is 0.237 e. The van der Waals surface area contributed by atoms with E-state index >= 15 is 0 Å². The predicted molar refractivity (Wildman–Crippen MR) is 110 cm³/mol. The molecule has 144 valence electrons. The molecule has 3 aromatic rings. The van der Waals surface area contributed by atoms with E-state index in [1.807, 2.05) is 72.0 Å². The van der Waals surface area contributed by atoms with E-state index in [0.29, 0.717) is 10.9 Å². The SMILES string of the molecule is CC(Oc1ccccc1)c1nnc(SCC(=O)N2CCc3ccccc32)n1C. The molecule has 6 nitrogen and oxygen atoms in total. The number of hydrogen-bond donors (Lipinski definition) is 0. The lowest BCUT2D eigenvalue weighted by Crippen LogP contribution is -2.30. The van der Waals surface area contributed by atoms with Crippen LogP contribution in [0.4, 0.5) is 5.69 Å². The zero-order valence-corrected chi connectivity index (χ0v) is 16.7. The molecular formula is C21H22N4O2S. The molecule has 7 heteroatoms. The first-order valence-corrected chi connectivity index (χ1v) is 10.2. The van der Waals surface area contributed by atoms with E-state index in [-0.39, 0.29) is 12.0 Å². The number of nitrogens with zero attached hydrogens (tertiary/aromatic N) is 4. The average molecular weight is 395 g/mol. The number of rotatable bonds is 6. The Labute approximate surface area is 168 Å². The summed E-state index contributed by atoms with van der Waals surface area (Å²) in [6, 6.07) is 17.7. The Hall–Kier alpha value is -2.80. The minimum absolute atomic E-state index is 0.0908. The van der Waals surface area contributed by atoms with Crippen molar-refractivity contribution in [2.45, 2.75) is 24.6 Å². The number of carbonyl (C=O) groups is 1. The highest BCUT2D eigenvalue weighted by molar-refractivity contribution is 7.99. The maximum atomic E-state index is 12.7. The monoisotopic (exact) mass is 394 g/mol. The van der Waals surface area contributed by atoms with Gasteiger partial charge in [0, 0.05) is 19.3 Å². The number of amides is 1. The fourth-order valence-corrected chi connectivity index (χ4v) is 4.16. The highest BCUT2D eigenvalue weighted by atomic mass is 32.2. The summed E-state index contributed by atoms with van der Waals surface area (Å²) in [4.78, 5) is 14.6. The van der Waals surface area contributed by atoms with Crippen LogP contribution in [0.5, 0.6) is 5.75 Å². The summed E-state index contributed by atoms with van der Waals surface area (Å²) in [6.45, 7) is 2.68. The lowest BCUT2D eigenvalue weighted by molar-refractivity contribution is -0.116. The third-order valence-electron chi connectivity index (χ3n) is 4.80. The first-order chi connectivity index (χ1) is 13.6. The summed E-state index contributed by atoms with van der Waals surface area (Å²) in [6.07, 6.45) is 0.671. The van der Waals surface area contributed by atoms with Gasteiger partial charge in [-0.3, -0.25) is 4.79 Å². The van der Waals surface area contributed by atoms with Crippen LogP contribution in [0.1, 0.15) is 24.4 Å². The predicted octanol–water partition coefficient (Wildman–Crippen LogP) is 3.64. The van der Waals surface area contributed by atoms with Crippen LogP contribution in [-0.2, 0) is 18.3 Å². The van der Waals surface area contributed by atoms with Gasteiger partial charge in [-0.2, -0.15) is 0 Å². The molecule has 4 rings (SSSR count). The minimum Gasteiger partial charge on any atom is -0.483 e. The van der Waals surface area contributed by atoms with Crippen LogP contribution < -0.4 is 9.64 Å². The Morgan fingerprint density at radius 1 is 1.14 bits per heavy atom. The maximum absolute atomic E-state index is 12.7. The summed E-state index contributed by atoms with van der Waals surface area (Å²) in [7, 11) is 1.90. The second kappa shape index (κ2) is 8.06. The van der Waals surface area contributed by atoms with Crippen molar-refractivity contribution in [3.05, 3.63) is 66.0 Å². The van der Waals surface area contributed by atoms with E-state index in [1.165, 1.54) is 17.3 Å². The fourth-order valence-electron chi connectivity index (χ4n) is 3.36. The lowest BCUT2D eigenvalue weighted by atomic mass is 10.2. The summed E-state index contributed by atoms with van der Waals surface area (Å²) < 4.78 is 7.83. The number of benzene rings is 2. The highest BCUT2D eigenvalue weighted by Gasteiger charge is 2.25. The van der Waals surface area contributed by atoms with E-state index in [2.05, 4.69) is 16.3 Å². The molecule has 2 heterocycles. The molecule has 0 spiro atoms. The zero-order chi connectivity index (χ0) is 19.5. The van der Waals surface area contributed by atoms with Gasteiger partial charge in [-0.25, -0.2) is 0 Å².